The van der Waals surface area contributed by atoms with Crippen LogP contribution in [0.2, 0.25) is 0 Å². The van der Waals surface area contributed by atoms with Gasteiger partial charge < -0.3 is 10.1 Å². The molecule has 19 heavy (non-hydrogen) atoms. The second-order valence-corrected chi connectivity index (χ2v) is 4.94. The minimum atomic E-state index is -0.181. The zero-order valence-electron chi connectivity index (χ0n) is 11.9. The Morgan fingerprint density at radius 2 is 1.84 bits per heavy atom. The molecule has 104 valence electrons. The van der Waals surface area contributed by atoms with Crippen LogP contribution in [0.5, 0.6) is 5.75 Å². The van der Waals surface area contributed by atoms with Crippen LogP contribution >= 0.6 is 0 Å². The maximum Gasteiger partial charge on any atom is 0.258 e. The van der Waals surface area contributed by atoms with Gasteiger partial charge in [0.1, 0.15) is 5.75 Å². The van der Waals surface area contributed by atoms with Crippen LogP contribution in [0, 0.1) is 5.92 Å². The van der Waals surface area contributed by atoms with Gasteiger partial charge in [0.05, 0.1) is 5.56 Å². The second kappa shape index (κ2) is 6.92. The summed E-state index contributed by atoms with van der Waals surface area (Å²) in [5.74, 6) is 0.557. The SMILES string of the molecule is CC(=O)c1ccccc1OCC(=O)NC(C)C(C)C. The van der Waals surface area contributed by atoms with E-state index in [-0.39, 0.29) is 24.3 Å². The summed E-state index contributed by atoms with van der Waals surface area (Å²) in [6, 6.07) is 7.02. The minimum Gasteiger partial charge on any atom is -0.483 e. The Morgan fingerprint density at radius 1 is 1.21 bits per heavy atom. The standard InChI is InChI=1S/C15H21NO3/c1-10(2)11(3)16-15(18)9-19-14-8-6-5-7-13(14)12(4)17/h5-8,10-11H,9H2,1-4H3,(H,16,18). The number of benzene rings is 1. The average Bonchev–Trinajstić information content (AvgIpc) is 2.36. The largest absolute Gasteiger partial charge is 0.483 e. The lowest BCUT2D eigenvalue weighted by molar-refractivity contribution is -0.124. The predicted molar refractivity (Wildman–Crippen MR) is 74.4 cm³/mol. The summed E-state index contributed by atoms with van der Waals surface area (Å²) in [4.78, 5) is 23.1. The summed E-state index contributed by atoms with van der Waals surface area (Å²) in [6.07, 6.45) is 0. The molecule has 1 rings (SSSR count). The van der Waals surface area contributed by atoms with Crippen LogP contribution in [0.4, 0.5) is 0 Å². The van der Waals surface area contributed by atoms with Gasteiger partial charge in [-0.2, -0.15) is 0 Å². The molecule has 1 unspecified atom stereocenters. The van der Waals surface area contributed by atoms with Crippen molar-refractivity contribution in [3.8, 4) is 5.75 Å². The van der Waals surface area contributed by atoms with Crippen molar-refractivity contribution in [1.29, 1.82) is 0 Å². The van der Waals surface area contributed by atoms with Crippen LogP contribution in [0.15, 0.2) is 24.3 Å². The Balaban J connectivity index is 2.58. The van der Waals surface area contributed by atoms with Crippen molar-refractivity contribution in [1.82, 2.24) is 5.32 Å². The number of hydrogen-bond donors (Lipinski definition) is 1. The number of ether oxygens (including phenoxy) is 1. The second-order valence-electron chi connectivity index (χ2n) is 4.94. The lowest BCUT2D eigenvalue weighted by Crippen LogP contribution is -2.39. The van der Waals surface area contributed by atoms with Crippen LogP contribution in [-0.2, 0) is 4.79 Å². The molecule has 1 atom stereocenters. The molecule has 0 spiro atoms. The highest BCUT2D eigenvalue weighted by Gasteiger charge is 2.13. The Kier molecular flexibility index (Phi) is 5.55. The molecule has 1 amide bonds. The third kappa shape index (κ3) is 4.73. The van der Waals surface area contributed by atoms with E-state index in [9.17, 15) is 9.59 Å². The van der Waals surface area contributed by atoms with E-state index in [4.69, 9.17) is 4.74 Å². The first-order chi connectivity index (χ1) is 8.91. The van der Waals surface area contributed by atoms with Crippen LogP contribution < -0.4 is 10.1 Å². The Hall–Kier alpha value is -1.84. The first-order valence-corrected chi connectivity index (χ1v) is 6.44. The maximum atomic E-state index is 11.7. The molecule has 0 saturated heterocycles. The van der Waals surface area contributed by atoms with E-state index in [1.54, 1.807) is 24.3 Å². The number of hydrogen-bond acceptors (Lipinski definition) is 3. The highest BCUT2D eigenvalue weighted by atomic mass is 16.5. The zero-order valence-corrected chi connectivity index (χ0v) is 11.9. The van der Waals surface area contributed by atoms with Gasteiger partial charge in [-0.15, -0.1) is 0 Å². The van der Waals surface area contributed by atoms with E-state index in [2.05, 4.69) is 5.32 Å². The molecule has 0 aliphatic carbocycles. The van der Waals surface area contributed by atoms with Gasteiger partial charge in [-0.25, -0.2) is 0 Å². The van der Waals surface area contributed by atoms with Crippen LogP contribution in [0.3, 0.4) is 0 Å². The van der Waals surface area contributed by atoms with Gasteiger partial charge >= 0.3 is 0 Å². The molecule has 0 aliphatic rings. The van der Waals surface area contributed by atoms with E-state index in [1.165, 1.54) is 6.92 Å². The van der Waals surface area contributed by atoms with Gasteiger partial charge in [-0.1, -0.05) is 26.0 Å². The fourth-order valence-corrected chi connectivity index (χ4v) is 1.49. The molecule has 0 saturated carbocycles. The number of para-hydroxylation sites is 1. The molecule has 1 aromatic rings. The number of Topliss-reactive ketones (excluding diaryl/α,β-unsaturated/α-hetero) is 1. The number of amides is 1. The quantitative estimate of drug-likeness (QED) is 0.802. The minimum absolute atomic E-state index is 0.0773. The predicted octanol–water partition coefficient (Wildman–Crippen LogP) is 2.43. The van der Waals surface area contributed by atoms with Crippen molar-refractivity contribution in [3.05, 3.63) is 29.8 Å². The Labute approximate surface area is 114 Å². The molecule has 4 heteroatoms. The van der Waals surface area contributed by atoms with Crippen molar-refractivity contribution in [2.75, 3.05) is 6.61 Å². The molecular weight excluding hydrogens is 242 g/mol. The van der Waals surface area contributed by atoms with Gasteiger partial charge in [-0.3, -0.25) is 9.59 Å². The van der Waals surface area contributed by atoms with Crippen LogP contribution in [0.1, 0.15) is 38.1 Å². The first kappa shape index (κ1) is 15.2. The molecule has 4 nitrogen and oxygen atoms in total. The molecule has 0 bridgehead atoms. The molecule has 0 aromatic heterocycles. The molecule has 0 fully saturated rings. The lowest BCUT2D eigenvalue weighted by Gasteiger charge is -2.17. The number of nitrogens with one attached hydrogen (secondary N) is 1. The van der Waals surface area contributed by atoms with Crippen molar-refractivity contribution in [2.24, 2.45) is 5.92 Å². The molecular formula is C15H21NO3. The van der Waals surface area contributed by atoms with Crippen molar-refractivity contribution in [2.45, 2.75) is 33.7 Å². The monoisotopic (exact) mass is 263 g/mol. The van der Waals surface area contributed by atoms with Gasteiger partial charge in [0, 0.05) is 6.04 Å². The lowest BCUT2D eigenvalue weighted by atomic mass is 10.1. The summed E-state index contributed by atoms with van der Waals surface area (Å²) in [5, 5.41) is 2.85. The molecule has 1 N–H and O–H groups in total. The normalized spacial score (nSPS) is 12.1. The zero-order chi connectivity index (χ0) is 14.4. The van der Waals surface area contributed by atoms with Crippen molar-refractivity contribution in [3.63, 3.8) is 0 Å². The number of ketones is 1. The molecule has 1 aromatic carbocycles. The van der Waals surface area contributed by atoms with E-state index in [0.29, 0.717) is 17.2 Å². The van der Waals surface area contributed by atoms with Gasteiger partial charge in [-0.05, 0) is 31.9 Å². The summed E-state index contributed by atoms with van der Waals surface area (Å²) >= 11 is 0. The van der Waals surface area contributed by atoms with E-state index in [0.717, 1.165) is 0 Å². The average molecular weight is 263 g/mol. The summed E-state index contributed by atoms with van der Waals surface area (Å²) in [6.45, 7) is 7.42. The Bertz CT molecular complexity index is 454. The highest BCUT2D eigenvalue weighted by molar-refractivity contribution is 5.96. The fraction of sp³-hybridized carbons (Fsp3) is 0.467. The number of rotatable bonds is 6. The smallest absolute Gasteiger partial charge is 0.258 e. The van der Waals surface area contributed by atoms with Gasteiger partial charge in [0.15, 0.2) is 12.4 Å². The fourth-order valence-electron chi connectivity index (χ4n) is 1.49. The third-order valence-electron chi connectivity index (χ3n) is 3.01. The van der Waals surface area contributed by atoms with E-state index < -0.39 is 0 Å². The third-order valence-corrected chi connectivity index (χ3v) is 3.01. The maximum absolute atomic E-state index is 11.7. The highest BCUT2D eigenvalue weighted by Crippen LogP contribution is 2.18. The summed E-state index contributed by atoms with van der Waals surface area (Å²) in [5.41, 5.74) is 0.493. The number of carbonyl (C=O) groups excluding carboxylic acids is 2. The Morgan fingerprint density at radius 3 is 2.42 bits per heavy atom. The molecule has 0 radical (unpaired) electrons. The van der Waals surface area contributed by atoms with Crippen LogP contribution in [0.25, 0.3) is 0 Å². The molecule has 0 aliphatic heterocycles. The molecule has 0 heterocycles. The number of carbonyl (C=O) groups is 2. The topological polar surface area (TPSA) is 55.4 Å². The first-order valence-electron chi connectivity index (χ1n) is 6.44. The van der Waals surface area contributed by atoms with Gasteiger partial charge in [0.2, 0.25) is 0 Å². The van der Waals surface area contributed by atoms with Crippen LogP contribution in [-0.4, -0.2) is 24.3 Å². The van der Waals surface area contributed by atoms with Gasteiger partial charge in [0.25, 0.3) is 5.91 Å². The van der Waals surface area contributed by atoms with Crippen molar-refractivity contribution < 1.29 is 14.3 Å². The van der Waals surface area contributed by atoms with E-state index in [1.807, 2.05) is 20.8 Å². The summed E-state index contributed by atoms with van der Waals surface area (Å²) in [7, 11) is 0. The van der Waals surface area contributed by atoms with E-state index >= 15 is 0 Å². The van der Waals surface area contributed by atoms with Crippen molar-refractivity contribution >= 4 is 11.7 Å². The summed E-state index contributed by atoms with van der Waals surface area (Å²) < 4.78 is 5.41.